The Bertz CT molecular complexity index is 775. The van der Waals surface area contributed by atoms with Gasteiger partial charge in [-0.3, -0.25) is 9.25 Å². The molecule has 0 saturated carbocycles. The summed E-state index contributed by atoms with van der Waals surface area (Å²) >= 11 is 18.0. The van der Waals surface area contributed by atoms with Gasteiger partial charge in [0.2, 0.25) is 0 Å². The largest absolute Gasteiger partial charge is 0.293 e. The van der Waals surface area contributed by atoms with Crippen LogP contribution in [0.4, 0.5) is 0 Å². The van der Waals surface area contributed by atoms with E-state index >= 15 is 0 Å². The highest BCUT2D eigenvalue weighted by atomic mass is 35.5. The molecule has 0 saturated heterocycles. The van der Waals surface area contributed by atoms with E-state index in [1.165, 1.54) is 0 Å². The molecule has 2 heterocycles. The zero-order chi connectivity index (χ0) is 14.3. The molecule has 0 radical (unpaired) electrons. The van der Waals surface area contributed by atoms with E-state index in [-0.39, 0.29) is 0 Å². The van der Waals surface area contributed by atoms with Gasteiger partial charge in [0.15, 0.2) is 0 Å². The maximum atomic E-state index is 6.12. The van der Waals surface area contributed by atoms with Crippen molar-refractivity contribution >= 4 is 45.8 Å². The van der Waals surface area contributed by atoms with Gasteiger partial charge in [-0.25, -0.2) is 4.98 Å². The number of hydrogen-bond acceptors (Lipinski definition) is 2. The molecule has 0 aliphatic carbocycles. The average molecular weight is 330 g/mol. The standard InChI is InChI=1S/C13H11Cl3N4/c1-19-7-8(6-17-19)20-12-5-10(16)9(15)4-11(12)18-13(20)2-3-14/h4-7H,2-3H2,1H3. The summed E-state index contributed by atoms with van der Waals surface area (Å²) in [5.41, 5.74) is 2.62. The number of nitrogens with zero attached hydrogens (tertiary/aromatic N) is 4. The minimum atomic E-state index is 0.491. The summed E-state index contributed by atoms with van der Waals surface area (Å²) in [6.07, 6.45) is 4.35. The minimum absolute atomic E-state index is 0.491. The smallest absolute Gasteiger partial charge is 0.115 e. The average Bonchev–Trinajstić information content (AvgIpc) is 2.94. The van der Waals surface area contributed by atoms with Crippen LogP contribution in [-0.4, -0.2) is 25.2 Å². The predicted molar refractivity (Wildman–Crippen MR) is 82.3 cm³/mol. The van der Waals surface area contributed by atoms with Crippen LogP contribution in [0.3, 0.4) is 0 Å². The lowest BCUT2D eigenvalue weighted by atomic mass is 10.3. The fourth-order valence-electron chi connectivity index (χ4n) is 2.19. The van der Waals surface area contributed by atoms with E-state index in [4.69, 9.17) is 34.8 Å². The monoisotopic (exact) mass is 328 g/mol. The topological polar surface area (TPSA) is 35.6 Å². The molecule has 0 aliphatic heterocycles. The lowest BCUT2D eigenvalue weighted by molar-refractivity contribution is 0.767. The highest BCUT2D eigenvalue weighted by molar-refractivity contribution is 6.42. The molecule has 0 bridgehead atoms. The van der Waals surface area contributed by atoms with E-state index in [1.54, 1.807) is 16.9 Å². The number of halogens is 3. The third-order valence-electron chi connectivity index (χ3n) is 3.03. The van der Waals surface area contributed by atoms with E-state index in [1.807, 2.05) is 23.9 Å². The third-order valence-corrected chi connectivity index (χ3v) is 3.94. The van der Waals surface area contributed by atoms with E-state index in [2.05, 4.69) is 10.1 Å². The number of fused-ring (bicyclic) bond motifs is 1. The Kier molecular flexibility index (Phi) is 3.63. The van der Waals surface area contributed by atoms with Gasteiger partial charge in [0.1, 0.15) is 5.82 Å². The van der Waals surface area contributed by atoms with Gasteiger partial charge in [-0.2, -0.15) is 5.10 Å². The van der Waals surface area contributed by atoms with Crippen molar-refractivity contribution in [1.29, 1.82) is 0 Å². The molecule has 0 aliphatic rings. The van der Waals surface area contributed by atoms with Crippen molar-refractivity contribution in [3.05, 3.63) is 40.4 Å². The summed E-state index contributed by atoms with van der Waals surface area (Å²) in [5, 5.41) is 5.19. The minimum Gasteiger partial charge on any atom is -0.293 e. The SMILES string of the molecule is Cn1cc(-n2c(CCCl)nc3cc(Cl)c(Cl)cc32)cn1. The van der Waals surface area contributed by atoms with Gasteiger partial charge in [-0.05, 0) is 12.1 Å². The summed E-state index contributed by atoms with van der Waals surface area (Å²) in [7, 11) is 1.87. The molecule has 1 aromatic carbocycles. The van der Waals surface area contributed by atoms with Crippen molar-refractivity contribution in [1.82, 2.24) is 19.3 Å². The van der Waals surface area contributed by atoms with Gasteiger partial charge in [0.25, 0.3) is 0 Å². The van der Waals surface area contributed by atoms with Crippen molar-refractivity contribution in [2.75, 3.05) is 5.88 Å². The van der Waals surface area contributed by atoms with Crippen LogP contribution >= 0.6 is 34.8 Å². The Labute approximate surface area is 130 Å². The maximum absolute atomic E-state index is 6.12. The van der Waals surface area contributed by atoms with Crippen LogP contribution in [0.2, 0.25) is 10.0 Å². The van der Waals surface area contributed by atoms with Gasteiger partial charge < -0.3 is 0 Å². The molecule has 20 heavy (non-hydrogen) atoms. The van der Waals surface area contributed by atoms with Gasteiger partial charge >= 0.3 is 0 Å². The number of aromatic nitrogens is 4. The summed E-state index contributed by atoms with van der Waals surface area (Å²) in [6.45, 7) is 0. The van der Waals surface area contributed by atoms with Gasteiger partial charge in [0, 0.05) is 25.5 Å². The molecular weight excluding hydrogens is 319 g/mol. The fraction of sp³-hybridized carbons (Fsp3) is 0.231. The Morgan fingerprint density at radius 3 is 2.60 bits per heavy atom. The fourth-order valence-corrected chi connectivity index (χ4v) is 2.67. The van der Waals surface area contributed by atoms with Crippen LogP contribution in [-0.2, 0) is 13.5 Å². The van der Waals surface area contributed by atoms with Crippen molar-refractivity contribution in [2.45, 2.75) is 6.42 Å². The first-order valence-electron chi connectivity index (χ1n) is 6.01. The second-order valence-electron chi connectivity index (χ2n) is 4.43. The molecule has 3 rings (SSSR count). The maximum Gasteiger partial charge on any atom is 0.115 e. The Hall–Kier alpha value is -1.23. The third kappa shape index (κ3) is 2.28. The Morgan fingerprint density at radius 2 is 1.95 bits per heavy atom. The summed E-state index contributed by atoms with van der Waals surface area (Å²) in [5.74, 6) is 1.35. The van der Waals surface area contributed by atoms with Crippen LogP contribution in [0, 0.1) is 0 Å². The molecule has 2 aromatic heterocycles. The molecule has 104 valence electrons. The number of alkyl halides is 1. The lowest BCUT2D eigenvalue weighted by Crippen LogP contribution is -2.01. The molecule has 7 heteroatoms. The van der Waals surface area contributed by atoms with E-state index in [9.17, 15) is 0 Å². The summed E-state index contributed by atoms with van der Waals surface area (Å²) < 4.78 is 3.75. The van der Waals surface area contributed by atoms with E-state index < -0.39 is 0 Å². The number of imidazole rings is 1. The van der Waals surface area contributed by atoms with Gasteiger partial charge in [-0.15, -0.1) is 11.6 Å². The Balaban J connectivity index is 2.31. The van der Waals surface area contributed by atoms with Crippen molar-refractivity contribution in [2.24, 2.45) is 7.05 Å². The first kappa shape index (κ1) is 13.7. The molecule has 0 amide bonds. The van der Waals surface area contributed by atoms with Gasteiger partial charge in [-0.1, -0.05) is 23.2 Å². The summed E-state index contributed by atoms with van der Waals surface area (Å²) in [6, 6.07) is 3.58. The number of aryl methyl sites for hydroxylation is 2. The van der Waals surface area contributed by atoms with Crippen LogP contribution in [0.25, 0.3) is 16.7 Å². The highest BCUT2D eigenvalue weighted by Crippen LogP contribution is 2.30. The number of hydrogen-bond donors (Lipinski definition) is 0. The molecule has 4 nitrogen and oxygen atoms in total. The predicted octanol–water partition coefficient (Wildman–Crippen LogP) is 3.85. The number of benzene rings is 1. The normalized spacial score (nSPS) is 11.4. The quantitative estimate of drug-likeness (QED) is 0.684. The molecule has 0 atom stereocenters. The molecule has 0 spiro atoms. The van der Waals surface area contributed by atoms with Crippen LogP contribution < -0.4 is 0 Å². The van der Waals surface area contributed by atoms with Crippen molar-refractivity contribution in [3.8, 4) is 5.69 Å². The molecule has 0 fully saturated rings. The van der Waals surface area contributed by atoms with Gasteiger partial charge in [0.05, 0.1) is 33.0 Å². The molecular formula is C13H11Cl3N4. The molecule has 3 aromatic rings. The van der Waals surface area contributed by atoms with Crippen LogP contribution in [0.15, 0.2) is 24.5 Å². The second-order valence-corrected chi connectivity index (χ2v) is 5.62. The molecule has 0 unspecified atom stereocenters. The molecule has 0 N–H and O–H groups in total. The van der Waals surface area contributed by atoms with Crippen LogP contribution in [0.1, 0.15) is 5.82 Å². The highest BCUT2D eigenvalue weighted by Gasteiger charge is 2.15. The zero-order valence-corrected chi connectivity index (χ0v) is 12.9. The summed E-state index contributed by atoms with van der Waals surface area (Å²) in [4.78, 5) is 4.59. The lowest BCUT2D eigenvalue weighted by Gasteiger charge is -2.05. The van der Waals surface area contributed by atoms with Crippen LogP contribution in [0.5, 0.6) is 0 Å². The van der Waals surface area contributed by atoms with Crippen molar-refractivity contribution in [3.63, 3.8) is 0 Å². The van der Waals surface area contributed by atoms with Crippen molar-refractivity contribution < 1.29 is 0 Å². The van der Waals surface area contributed by atoms with E-state index in [0.29, 0.717) is 22.3 Å². The first-order valence-corrected chi connectivity index (χ1v) is 7.30. The first-order chi connectivity index (χ1) is 9.60. The number of rotatable bonds is 3. The van der Waals surface area contributed by atoms with E-state index in [0.717, 1.165) is 22.5 Å². The zero-order valence-electron chi connectivity index (χ0n) is 10.6. The Morgan fingerprint density at radius 1 is 1.20 bits per heavy atom. The second kappa shape index (κ2) is 5.28.